The first-order valence-electron chi connectivity index (χ1n) is 9.19. The number of rotatable bonds is 8. The first-order chi connectivity index (χ1) is 13.0. The van der Waals surface area contributed by atoms with Gasteiger partial charge in [-0.05, 0) is 35.8 Å². The highest BCUT2D eigenvalue weighted by atomic mass is 28.4. The summed E-state index contributed by atoms with van der Waals surface area (Å²) in [5.74, 6) is -1.62. The number of carboxylic acid groups (broad SMARTS) is 1. The minimum Gasteiger partial charge on any atom is -0.494 e. The Morgan fingerprint density at radius 2 is 2.04 bits per heavy atom. The van der Waals surface area contributed by atoms with Crippen molar-refractivity contribution in [3.05, 3.63) is 47.8 Å². The van der Waals surface area contributed by atoms with Gasteiger partial charge in [0, 0.05) is 24.9 Å². The highest BCUT2D eigenvalue weighted by Gasteiger charge is 2.37. The molecule has 0 amide bonds. The van der Waals surface area contributed by atoms with Gasteiger partial charge in [0.1, 0.15) is 0 Å². The summed E-state index contributed by atoms with van der Waals surface area (Å²) in [6, 6.07) is 3.09. The number of ether oxygens (including phenoxy) is 1. The molecule has 2 aromatic rings. The molecule has 1 N–H and O–H groups in total. The molecule has 0 spiro atoms. The molecule has 1 atom stereocenters. The second-order valence-electron chi connectivity index (χ2n) is 8.29. The van der Waals surface area contributed by atoms with Gasteiger partial charge in [0.05, 0.1) is 13.4 Å². The lowest BCUT2D eigenvalue weighted by atomic mass is 10.1. The zero-order valence-corrected chi connectivity index (χ0v) is 18.3. The molecular formula is C20H29FN2O4Si. The second kappa shape index (κ2) is 8.44. The maximum absolute atomic E-state index is 14.1. The van der Waals surface area contributed by atoms with Crippen LogP contribution in [-0.4, -0.2) is 42.7 Å². The van der Waals surface area contributed by atoms with E-state index < -0.39 is 26.1 Å². The molecule has 154 valence electrons. The van der Waals surface area contributed by atoms with Crippen LogP contribution in [0, 0.1) is 5.82 Å². The molecule has 0 saturated carbocycles. The smallest absolute Gasteiger partial charge is 0.331 e. The summed E-state index contributed by atoms with van der Waals surface area (Å²) < 4.78 is 26.8. The van der Waals surface area contributed by atoms with Crippen LogP contribution in [-0.2, 0) is 15.6 Å². The Bertz CT molecular complexity index is 830. The van der Waals surface area contributed by atoms with E-state index in [0.717, 1.165) is 5.69 Å². The number of hydrogen-bond donors (Lipinski definition) is 1. The van der Waals surface area contributed by atoms with E-state index in [-0.39, 0.29) is 10.8 Å². The summed E-state index contributed by atoms with van der Waals surface area (Å²) in [6.07, 6.45) is 3.61. The Kier molecular flexibility index (Phi) is 6.66. The summed E-state index contributed by atoms with van der Waals surface area (Å²) in [6.45, 7) is 11.3. The number of nitrogens with zero attached hydrogens (tertiary/aromatic N) is 2. The number of imidazole rings is 1. The lowest BCUT2D eigenvalue weighted by molar-refractivity contribution is -0.139. The minimum absolute atomic E-state index is 0.0708. The van der Waals surface area contributed by atoms with E-state index in [1.165, 1.54) is 25.6 Å². The number of carbonyl (C=O) groups is 1. The van der Waals surface area contributed by atoms with Gasteiger partial charge in [-0.3, -0.25) is 0 Å². The molecule has 8 heteroatoms. The molecule has 0 aliphatic heterocycles. The molecule has 0 fully saturated rings. The molecule has 1 heterocycles. The van der Waals surface area contributed by atoms with E-state index in [4.69, 9.17) is 9.16 Å². The average molecular weight is 409 g/mol. The molecular weight excluding hydrogens is 379 g/mol. The van der Waals surface area contributed by atoms with Crippen molar-refractivity contribution in [2.24, 2.45) is 0 Å². The van der Waals surface area contributed by atoms with Crippen LogP contribution in [0.2, 0.25) is 18.1 Å². The molecule has 28 heavy (non-hydrogen) atoms. The predicted octanol–water partition coefficient (Wildman–Crippen LogP) is 4.27. The molecule has 0 aliphatic rings. The molecule has 0 saturated heterocycles. The fourth-order valence-corrected chi connectivity index (χ4v) is 3.71. The minimum atomic E-state index is -1.90. The third-order valence-electron chi connectivity index (χ3n) is 5.38. The summed E-state index contributed by atoms with van der Waals surface area (Å²) in [5.41, 5.74) is 1.04. The topological polar surface area (TPSA) is 73.6 Å². The number of halogens is 1. The lowest BCUT2D eigenvalue weighted by Crippen LogP contribution is -2.41. The molecule has 1 unspecified atom stereocenters. The normalized spacial score (nSPS) is 13.4. The number of benzene rings is 1. The standard InChI is InChI=1S/C20H29FN2O4Si/c1-20(2,3)28(5,6)27-10-9-15-12-22-13-23(15)18(19(24)25)14-7-8-17(26-4)16(21)11-14/h7-8,11-13,18H,9-10H2,1-6H3,(H,24,25). The van der Waals surface area contributed by atoms with Crippen molar-refractivity contribution in [3.8, 4) is 5.75 Å². The monoisotopic (exact) mass is 408 g/mol. The molecule has 0 aliphatic carbocycles. The van der Waals surface area contributed by atoms with Gasteiger partial charge in [-0.25, -0.2) is 14.2 Å². The predicted molar refractivity (Wildman–Crippen MR) is 108 cm³/mol. The molecule has 0 bridgehead atoms. The third-order valence-corrected chi connectivity index (χ3v) is 9.92. The van der Waals surface area contributed by atoms with Crippen LogP contribution in [0.3, 0.4) is 0 Å². The van der Waals surface area contributed by atoms with Gasteiger partial charge in [-0.1, -0.05) is 26.8 Å². The number of methoxy groups -OCH3 is 1. The Morgan fingerprint density at radius 1 is 1.36 bits per heavy atom. The Balaban J connectivity index is 2.23. The van der Waals surface area contributed by atoms with Crippen LogP contribution in [0.1, 0.15) is 38.1 Å². The molecule has 1 aromatic heterocycles. The Hall–Kier alpha value is -2.19. The average Bonchev–Trinajstić information content (AvgIpc) is 3.02. The SMILES string of the molecule is COc1ccc(C(C(=O)O)n2cncc2CCO[Si](C)(C)C(C)(C)C)cc1F. The van der Waals surface area contributed by atoms with Gasteiger partial charge in [0.15, 0.2) is 25.9 Å². The van der Waals surface area contributed by atoms with Gasteiger partial charge in [0.25, 0.3) is 0 Å². The Labute approximate surface area is 166 Å². The molecule has 6 nitrogen and oxygen atoms in total. The fraction of sp³-hybridized carbons (Fsp3) is 0.500. The van der Waals surface area contributed by atoms with Crippen LogP contribution >= 0.6 is 0 Å². The van der Waals surface area contributed by atoms with Gasteiger partial charge in [0.2, 0.25) is 0 Å². The van der Waals surface area contributed by atoms with Crippen LogP contribution in [0.15, 0.2) is 30.7 Å². The van der Waals surface area contributed by atoms with Gasteiger partial charge >= 0.3 is 5.97 Å². The molecule has 0 radical (unpaired) electrons. The van der Waals surface area contributed by atoms with Crippen LogP contribution in [0.4, 0.5) is 4.39 Å². The highest BCUT2D eigenvalue weighted by Crippen LogP contribution is 2.36. The number of aliphatic carboxylic acids is 1. The first kappa shape index (κ1) is 22.1. The fourth-order valence-electron chi connectivity index (χ4n) is 2.66. The largest absolute Gasteiger partial charge is 0.494 e. The van der Waals surface area contributed by atoms with Gasteiger partial charge < -0.3 is 18.8 Å². The summed E-state index contributed by atoms with van der Waals surface area (Å²) in [5, 5.41) is 9.87. The van der Waals surface area contributed by atoms with E-state index in [1.54, 1.807) is 16.8 Å². The van der Waals surface area contributed by atoms with Gasteiger partial charge in [-0.2, -0.15) is 0 Å². The van der Waals surface area contributed by atoms with Crippen molar-refractivity contribution in [1.82, 2.24) is 9.55 Å². The number of aromatic nitrogens is 2. The first-order valence-corrected chi connectivity index (χ1v) is 12.1. The highest BCUT2D eigenvalue weighted by molar-refractivity contribution is 6.74. The molecule has 1 aromatic carbocycles. The molecule has 2 rings (SSSR count). The zero-order chi connectivity index (χ0) is 21.1. The van der Waals surface area contributed by atoms with Crippen molar-refractivity contribution in [3.63, 3.8) is 0 Å². The van der Waals surface area contributed by atoms with Crippen molar-refractivity contribution in [2.75, 3.05) is 13.7 Å². The summed E-state index contributed by atoms with van der Waals surface area (Å²) >= 11 is 0. The van der Waals surface area contributed by atoms with E-state index in [2.05, 4.69) is 38.8 Å². The van der Waals surface area contributed by atoms with Crippen LogP contribution in [0.25, 0.3) is 0 Å². The lowest BCUT2D eigenvalue weighted by Gasteiger charge is -2.36. The van der Waals surface area contributed by atoms with Crippen LogP contribution in [0.5, 0.6) is 5.75 Å². The van der Waals surface area contributed by atoms with Crippen molar-refractivity contribution in [2.45, 2.75) is 51.4 Å². The van der Waals surface area contributed by atoms with Gasteiger partial charge in [-0.15, -0.1) is 0 Å². The van der Waals surface area contributed by atoms with Crippen molar-refractivity contribution in [1.29, 1.82) is 0 Å². The Morgan fingerprint density at radius 3 is 2.57 bits per heavy atom. The van der Waals surface area contributed by atoms with E-state index in [1.807, 2.05) is 0 Å². The maximum Gasteiger partial charge on any atom is 0.331 e. The van der Waals surface area contributed by atoms with Crippen molar-refractivity contribution >= 4 is 14.3 Å². The third kappa shape index (κ3) is 4.80. The second-order valence-corrected chi connectivity index (χ2v) is 13.1. The van der Waals surface area contributed by atoms with Crippen LogP contribution < -0.4 is 4.74 Å². The number of hydrogen-bond acceptors (Lipinski definition) is 4. The quantitative estimate of drug-likeness (QED) is 0.661. The number of carboxylic acids is 1. The summed E-state index contributed by atoms with van der Waals surface area (Å²) in [4.78, 5) is 16.1. The van der Waals surface area contributed by atoms with E-state index >= 15 is 0 Å². The summed E-state index contributed by atoms with van der Waals surface area (Å²) in [7, 11) is -0.532. The van der Waals surface area contributed by atoms with Crippen molar-refractivity contribution < 1.29 is 23.5 Å². The van der Waals surface area contributed by atoms with E-state index in [0.29, 0.717) is 18.6 Å². The zero-order valence-electron chi connectivity index (χ0n) is 17.3. The van der Waals surface area contributed by atoms with E-state index in [9.17, 15) is 14.3 Å². The maximum atomic E-state index is 14.1.